The van der Waals surface area contributed by atoms with Crippen molar-refractivity contribution in [2.24, 2.45) is 10.9 Å². The molecule has 1 aromatic carbocycles. The van der Waals surface area contributed by atoms with Gasteiger partial charge in [0.05, 0.1) is 11.6 Å². The van der Waals surface area contributed by atoms with E-state index in [0.717, 1.165) is 36.8 Å². The Hall–Kier alpha value is -2.14. The molecule has 104 valence electrons. The molecule has 1 aromatic heterocycles. The molecule has 1 atom stereocenters. The molecule has 0 spiro atoms. The van der Waals surface area contributed by atoms with Gasteiger partial charge in [-0.15, -0.1) is 0 Å². The molecule has 0 aliphatic carbocycles. The quantitative estimate of drug-likeness (QED) is 0.387. The van der Waals surface area contributed by atoms with E-state index in [9.17, 15) is 0 Å². The molecule has 3 N–H and O–H groups in total. The van der Waals surface area contributed by atoms with Crippen molar-refractivity contribution in [1.29, 1.82) is 0 Å². The molecular weight excluding hydrogens is 252 g/mol. The number of rotatable bonds is 3. The zero-order chi connectivity index (χ0) is 13.9. The van der Waals surface area contributed by atoms with Gasteiger partial charge in [0.15, 0.2) is 5.84 Å². The Morgan fingerprint density at radius 3 is 3.10 bits per heavy atom. The average molecular weight is 270 g/mol. The third-order valence-electron chi connectivity index (χ3n) is 3.91. The minimum atomic E-state index is 0.0268. The van der Waals surface area contributed by atoms with Crippen molar-refractivity contribution in [2.75, 3.05) is 6.54 Å². The summed E-state index contributed by atoms with van der Waals surface area (Å²) in [7, 11) is 0. The number of aromatic nitrogens is 1. The van der Waals surface area contributed by atoms with Gasteiger partial charge in [0, 0.05) is 18.1 Å². The van der Waals surface area contributed by atoms with E-state index in [2.05, 4.69) is 33.2 Å². The lowest BCUT2D eigenvalue weighted by Crippen LogP contribution is -2.40. The van der Waals surface area contributed by atoms with Gasteiger partial charge >= 0.3 is 0 Å². The third kappa shape index (κ3) is 2.32. The number of amidine groups is 1. The Balaban J connectivity index is 1.89. The molecule has 1 fully saturated rings. The summed E-state index contributed by atoms with van der Waals surface area (Å²) in [5.74, 6) is 0.302. The van der Waals surface area contributed by atoms with Gasteiger partial charge in [-0.3, -0.25) is 9.88 Å². The van der Waals surface area contributed by atoms with Gasteiger partial charge in [-0.1, -0.05) is 29.4 Å². The van der Waals surface area contributed by atoms with Crippen LogP contribution in [0.1, 0.15) is 18.4 Å². The van der Waals surface area contributed by atoms with Crippen LogP contribution in [0.5, 0.6) is 0 Å². The van der Waals surface area contributed by atoms with Crippen molar-refractivity contribution in [2.45, 2.75) is 25.4 Å². The fourth-order valence-electron chi connectivity index (χ4n) is 2.93. The fourth-order valence-corrected chi connectivity index (χ4v) is 2.93. The van der Waals surface area contributed by atoms with Gasteiger partial charge in [-0.25, -0.2) is 0 Å². The van der Waals surface area contributed by atoms with E-state index in [0.29, 0.717) is 5.84 Å². The number of nitrogens with two attached hydrogens (primary N) is 1. The SMILES string of the molecule is NC(=NO)C1CCCN1Cc1cccc2cccnc12. The average Bonchev–Trinajstić information content (AvgIpc) is 2.95. The minimum absolute atomic E-state index is 0.0268. The lowest BCUT2D eigenvalue weighted by Gasteiger charge is -2.23. The number of hydrogen-bond acceptors (Lipinski definition) is 4. The Morgan fingerprint density at radius 1 is 1.40 bits per heavy atom. The van der Waals surface area contributed by atoms with Crippen molar-refractivity contribution >= 4 is 16.7 Å². The van der Waals surface area contributed by atoms with Crippen molar-refractivity contribution in [3.8, 4) is 0 Å². The predicted molar refractivity (Wildman–Crippen MR) is 78.6 cm³/mol. The van der Waals surface area contributed by atoms with E-state index in [4.69, 9.17) is 10.9 Å². The number of oxime groups is 1. The molecule has 5 heteroatoms. The maximum atomic E-state index is 8.87. The molecule has 1 aliphatic rings. The van der Waals surface area contributed by atoms with Crippen LogP contribution in [0.15, 0.2) is 41.7 Å². The normalized spacial score (nSPS) is 20.6. The van der Waals surface area contributed by atoms with Gasteiger partial charge in [0.25, 0.3) is 0 Å². The molecule has 0 radical (unpaired) electrons. The fraction of sp³-hybridized carbons (Fsp3) is 0.333. The zero-order valence-electron chi connectivity index (χ0n) is 11.2. The van der Waals surface area contributed by atoms with Crippen molar-refractivity contribution in [3.63, 3.8) is 0 Å². The molecule has 0 amide bonds. The molecule has 1 saturated heterocycles. The smallest absolute Gasteiger partial charge is 0.156 e. The first-order chi connectivity index (χ1) is 9.79. The van der Waals surface area contributed by atoms with Gasteiger partial charge < -0.3 is 10.9 Å². The highest BCUT2D eigenvalue weighted by Crippen LogP contribution is 2.23. The molecule has 2 aromatic rings. The van der Waals surface area contributed by atoms with Gasteiger partial charge in [0.1, 0.15) is 0 Å². The van der Waals surface area contributed by atoms with E-state index in [1.54, 1.807) is 0 Å². The van der Waals surface area contributed by atoms with Gasteiger partial charge in [-0.2, -0.15) is 0 Å². The highest BCUT2D eigenvalue weighted by molar-refractivity contribution is 5.85. The van der Waals surface area contributed by atoms with Crippen LogP contribution >= 0.6 is 0 Å². The number of fused-ring (bicyclic) bond motifs is 1. The van der Waals surface area contributed by atoms with Crippen LogP contribution < -0.4 is 5.73 Å². The first-order valence-corrected chi connectivity index (χ1v) is 6.83. The summed E-state index contributed by atoms with van der Waals surface area (Å²) in [6.07, 6.45) is 3.82. The lowest BCUT2D eigenvalue weighted by molar-refractivity contribution is 0.275. The highest BCUT2D eigenvalue weighted by atomic mass is 16.4. The molecule has 1 unspecified atom stereocenters. The molecule has 0 saturated carbocycles. The Labute approximate surface area is 117 Å². The molecule has 2 heterocycles. The number of para-hydroxylation sites is 1. The summed E-state index contributed by atoms with van der Waals surface area (Å²) >= 11 is 0. The van der Waals surface area contributed by atoms with Gasteiger partial charge in [0.2, 0.25) is 0 Å². The van der Waals surface area contributed by atoms with Crippen LogP contribution in [-0.2, 0) is 6.54 Å². The Bertz CT molecular complexity index is 635. The monoisotopic (exact) mass is 270 g/mol. The second-order valence-corrected chi connectivity index (χ2v) is 5.15. The third-order valence-corrected chi connectivity index (χ3v) is 3.91. The molecule has 1 aliphatic heterocycles. The van der Waals surface area contributed by atoms with E-state index in [1.807, 2.05) is 18.3 Å². The summed E-state index contributed by atoms with van der Waals surface area (Å²) in [5.41, 5.74) is 7.99. The molecular formula is C15H18N4O. The van der Waals surface area contributed by atoms with E-state index < -0.39 is 0 Å². The lowest BCUT2D eigenvalue weighted by atomic mass is 10.1. The van der Waals surface area contributed by atoms with Crippen LogP contribution in [0.3, 0.4) is 0 Å². The molecule has 3 rings (SSSR count). The summed E-state index contributed by atoms with van der Waals surface area (Å²) in [5, 5.41) is 13.2. The van der Waals surface area contributed by atoms with E-state index in [1.165, 1.54) is 5.56 Å². The first kappa shape index (κ1) is 12.9. The summed E-state index contributed by atoms with van der Waals surface area (Å²) in [6, 6.07) is 10.2. The van der Waals surface area contributed by atoms with E-state index >= 15 is 0 Å². The number of nitrogens with zero attached hydrogens (tertiary/aromatic N) is 3. The topological polar surface area (TPSA) is 74.7 Å². The zero-order valence-corrected chi connectivity index (χ0v) is 11.2. The number of hydrogen-bond donors (Lipinski definition) is 2. The van der Waals surface area contributed by atoms with Crippen LogP contribution in [0.4, 0.5) is 0 Å². The number of benzene rings is 1. The van der Waals surface area contributed by atoms with Crippen molar-refractivity contribution < 1.29 is 5.21 Å². The number of likely N-dealkylation sites (tertiary alicyclic amines) is 1. The number of pyridine rings is 1. The van der Waals surface area contributed by atoms with E-state index in [-0.39, 0.29) is 6.04 Å². The maximum absolute atomic E-state index is 8.87. The van der Waals surface area contributed by atoms with Crippen LogP contribution in [-0.4, -0.2) is 33.5 Å². The minimum Gasteiger partial charge on any atom is -0.409 e. The Kier molecular flexibility index (Phi) is 3.52. The largest absolute Gasteiger partial charge is 0.409 e. The second kappa shape index (κ2) is 5.46. The maximum Gasteiger partial charge on any atom is 0.156 e. The molecule has 20 heavy (non-hydrogen) atoms. The predicted octanol–water partition coefficient (Wildman–Crippen LogP) is 1.95. The van der Waals surface area contributed by atoms with Gasteiger partial charge in [-0.05, 0) is 31.0 Å². The second-order valence-electron chi connectivity index (χ2n) is 5.15. The Morgan fingerprint density at radius 2 is 2.25 bits per heavy atom. The standard InChI is InChI=1S/C15H18N4O/c16-15(18-20)13-7-3-9-19(13)10-12-5-1-4-11-6-2-8-17-14(11)12/h1-2,4-6,8,13,20H,3,7,9-10H2,(H2,16,18). The van der Waals surface area contributed by atoms with Crippen LogP contribution in [0.2, 0.25) is 0 Å². The van der Waals surface area contributed by atoms with Crippen molar-refractivity contribution in [1.82, 2.24) is 9.88 Å². The molecule has 5 nitrogen and oxygen atoms in total. The van der Waals surface area contributed by atoms with Crippen LogP contribution in [0, 0.1) is 0 Å². The first-order valence-electron chi connectivity index (χ1n) is 6.83. The highest BCUT2D eigenvalue weighted by Gasteiger charge is 2.28. The summed E-state index contributed by atoms with van der Waals surface area (Å²) < 4.78 is 0. The summed E-state index contributed by atoms with van der Waals surface area (Å²) in [4.78, 5) is 6.72. The van der Waals surface area contributed by atoms with Crippen LogP contribution in [0.25, 0.3) is 10.9 Å². The summed E-state index contributed by atoms with van der Waals surface area (Å²) in [6.45, 7) is 1.74. The molecule has 0 bridgehead atoms. The van der Waals surface area contributed by atoms with Crippen molar-refractivity contribution in [3.05, 3.63) is 42.1 Å².